The highest BCUT2D eigenvalue weighted by Gasteiger charge is 2.13. The molecule has 0 spiro atoms. The quantitative estimate of drug-likeness (QED) is 0.858. The third-order valence-corrected chi connectivity index (χ3v) is 3.31. The van der Waals surface area contributed by atoms with E-state index >= 15 is 0 Å². The number of phenolic OH excluding ortho intramolecular Hbond substituents is 1. The summed E-state index contributed by atoms with van der Waals surface area (Å²) >= 11 is 9.08. The molecule has 0 fully saturated rings. The number of amides is 1. The van der Waals surface area contributed by atoms with Gasteiger partial charge in [-0.05, 0) is 52.3 Å². The number of carbonyl (C=O) groups excluding carboxylic acids is 1. The Morgan fingerprint density at radius 1 is 1.26 bits per heavy atom. The minimum absolute atomic E-state index is 0.146. The number of anilines is 1. The van der Waals surface area contributed by atoms with Gasteiger partial charge in [-0.25, -0.2) is 4.39 Å². The SMILES string of the molecule is O=C(Nc1cc(Cl)ccc1Br)c1cc(F)ccc1O. The van der Waals surface area contributed by atoms with Crippen molar-refractivity contribution < 1.29 is 14.3 Å². The number of benzene rings is 2. The zero-order chi connectivity index (χ0) is 14.0. The second-order valence-corrected chi connectivity index (χ2v) is 5.03. The maximum Gasteiger partial charge on any atom is 0.259 e. The average molecular weight is 345 g/mol. The number of carbonyl (C=O) groups is 1. The molecule has 98 valence electrons. The van der Waals surface area contributed by atoms with Crippen LogP contribution in [0.4, 0.5) is 10.1 Å². The van der Waals surface area contributed by atoms with Gasteiger partial charge in [0.05, 0.1) is 11.3 Å². The van der Waals surface area contributed by atoms with E-state index in [4.69, 9.17) is 11.6 Å². The summed E-state index contributed by atoms with van der Waals surface area (Å²) < 4.78 is 13.7. The number of nitrogens with one attached hydrogen (secondary N) is 1. The van der Waals surface area contributed by atoms with E-state index in [1.807, 2.05) is 0 Å². The maximum absolute atomic E-state index is 13.1. The molecule has 1 amide bonds. The molecular weight excluding hydrogens is 337 g/mol. The van der Waals surface area contributed by atoms with Crippen molar-refractivity contribution in [2.75, 3.05) is 5.32 Å². The van der Waals surface area contributed by atoms with Gasteiger partial charge in [0.25, 0.3) is 5.91 Å². The Hall–Kier alpha value is -1.59. The lowest BCUT2D eigenvalue weighted by molar-refractivity contribution is 0.102. The van der Waals surface area contributed by atoms with E-state index in [-0.39, 0.29) is 11.3 Å². The Balaban J connectivity index is 2.30. The largest absolute Gasteiger partial charge is 0.507 e. The summed E-state index contributed by atoms with van der Waals surface area (Å²) in [6.45, 7) is 0. The number of aromatic hydroxyl groups is 1. The van der Waals surface area contributed by atoms with Crippen LogP contribution in [0, 0.1) is 5.82 Å². The van der Waals surface area contributed by atoms with Gasteiger partial charge >= 0.3 is 0 Å². The maximum atomic E-state index is 13.1. The molecule has 6 heteroatoms. The van der Waals surface area contributed by atoms with Gasteiger partial charge in [-0.3, -0.25) is 4.79 Å². The van der Waals surface area contributed by atoms with Crippen molar-refractivity contribution in [3.8, 4) is 5.75 Å². The van der Waals surface area contributed by atoms with Crippen LogP contribution in [0.15, 0.2) is 40.9 Å². The van der Waals surface area contributed by atoms with Gasteiger partial charge in [0.1, 0.15) is 11.6 Å². The topological polar surface area (TPSA) is 49.3 Å². The van der Waals surface area contributed by atoms with Crippen LogP contribution < -0.4 is 5.32 Å². The lowest BCUT2D eigenvalue weighted by Crippen LogP contribution is -2.12. The van der Waals surface area contributed by atoms with Crippen LogP contribution >= 0.6 is 27.5 Å². The minimum Gasteiger partial charge on any atom is -0.507 e. The fourth-order valence-electron chi connectivity index (χ4n) is 1.47. The van der Waals surface area contributed by atoms with Crippen LogP contribution in [0.25, 0.3) is 0 Å². The number of hydrogen-bond donors (Lipinski definition) is 2. The molecule has 0 saturated carbocycles. The van der Waals surface area contributed by atoms with E-state index in [0.717, 1.165) is 18.2 Å². The predicted octanol–water partition coefficient (Wildman–Crippen LogP) is 4.20. The van der Waals surface area contributed by atoms with Crippen LogP contribution in [-0.2, 0) is 0 Å². The summed E-state index contributed by atoms with van der Waals surface area (Å²) in [5, 5.41) is 12.5. The van der Waals surface area contributed by atoms with Crippen LogP contribution in [-0.4, -0.2) is 11.0 Å². The number of rotatable bonds is 2. The molecule has 0 unspecified atom stereocenters. The summed E-state index contributed by atoms with van der Waals surface area (Å²) in [6.07, 6.45) is 0. The smallest absolute Gasteiger partial charge is 0.259 e. The lowest BCUT2D eigenvalue weighted by atomic mass is 10.1. The van der Waals surface area contributed by atoms with Crippen LogP contribution in [0.3, 0.4) is 0 Å². The Kier molecular flexibility index (Phi) is 4.07. The van der Waals surface area contributed by atoms with Gasteiger partial charge in [-0.1, -0.05) is 11.6 Å². The van der Waals surface area contributed by atoms with Crippen molar-refractivity contribution in [1.29, 1.82) is 0 Å². The highest BCUT2D eigenvalue weighted by atomic mass is 79.9. The van der Waals surface area contributed by atoms with E-state index in [9.17, 15) is 14.3 Å². The van der Waals surface area contributed by atoms with E-state index in [0.29, 0.717) is 15.2 Å². The molecule has 0 aliphatic rings. The van der Waals surface area contributed by atoms with Crippen molar-refractivity contribution in [2.45, 2.75) is 0 Å². The van der Waals surface area contributed by atoms with Crippen LogP contribution in [0.5, 0.6) is 5.75 Å². The summed E-state index contributed by atoms with van der Waals surface area (Å²) in [5.74, 6) is -1.52. The molecule has 0 saturated heterocycles. The number of hydrogen-bond acceptors (Lipinski definition) is 2. The molecule has 0 radical (unpaired) electrons. The molecule has 2 rings (SSSR count). The Morgan fingerprint density at radius 2 is 2.00 bits per heavy atom. The Morgan fingerprint density at radius 3 is 2.74 bits per heavy atom. The van der Waals surface area contributed by atoms with Crippen molar-refractivity contribution in [3.63, 3.8) is 0 Å². The summed E-state index contributed by atoms with van der Waals surface area (Å²) in [6, 6.07) is 8.02. The first-order valence-electron chi connectivity index (χ1n) is 5.22. The summed E-state index contributed by atoms with van der Waals surface area (Å²) in [4.78, 5) is 11.9. The highest BCUT2D eigenvalue weighted by Crippen LogP contribution is 2.27. The summed E-state index contributed by atoms with van der Waals surface area (Å²) in [5.41, 5.74) is 0.285. The zero-order valence-electron chi connectivity index (χ0n) is 9.45. The van der Waals surface area contributed by atoms with Gasteiger partial charge < -0.3 is 10.4 Å². The molecule has 0 atom stereocenters. The van der Waals surface area contributed by atoms with Crippen LogP contribution in [0.2, 0.25) is 5.02 Å². The van der Waals surface area contributed by atoms with Crippen molar-refractivity contribution >= 4 is 39.1 Å². The van der Waals surface area contributed by atoms with Gasteiger partial charge in [-0.2, -0.15) is 0 Å². The molecule has 0 aliphatic carbocycles. The molecule has 0 aliphatic heterocycles. The number of phenols is 1. The lowest BCUT2D eigenvalue weighted by Gasteiger charge is -2.09. The number of halogens is 3. The molecule has 19 heavy (non-hydrogen) atoms. The molecule has 2 aromatic rings. The third kappa shape index (κ3) is 3.24. The standard InChI is InChI=1S/C13H8BrClFNO2/c14-10-3-1-7(15)5-11(10)17-13(19)9-6-8(16)2-4-12(9)18/h1-6,18H,(H,17,19). The van der Waals surface area contributed by atoms with Gasteiger partial charge in [0.2, 0.25) is 0 Å². The van der Waals surface area contributed by atoms with Crippen LogP contribution in [0.1, 0.15) is 10.4 Å². The fraction of sp³-hybridized carbons (Fsp3) is 0. The van der Waals surface area contributed by atoms with Crippen molar-refractivity contribution in [1.82, 2.24) is 0 Å². The molecule has 0 aromatic heterocycles. The molecule has 0 heterocycles. The van der Waals surface area contributed by atoms with Gasteiger partial charge in [0.15, 0.2) is 0 Å². The van der Waals surface area contributed by atoms with E-state index in [2.05, 4.69) is 21.2 Å². The first-order chi connectivity index (χ1) is 8.97. The molecular formula is C13H8BrClFNO2. The van der Waals surface area contributed by atoms with Gasteiger partial charge in [0, 0.05) is 9.50 Å². The second-order valence-electron chi connectivity index (χ2n) is 3.74. The molecule has 2 N–H and O–H groups in total. The third-order valence-electron chi connectivity index (χ3n) is 2.38. The monoisotopic (exact) mass is 343 g/mol. The Labute approximate surface area is 122 Å². The zero-order valence-corrected chi connectivity index (χ0v) is 11.8. The fourth-order valence-corrected chi connectivity index (χ4v) is 1.99. The van der Waals surface area contributed by atoms with E-state index in [1.54, 1.807) is 18.2 Å². The van der Waals surface area contributed by atoms with Crippen molar-refractivity contribution in [2.24, 2.45) is 0 Å². The van der Waals surface area contributed by atoms with E-state index < -0.39 is 11.7 Å². The first kappa shape index (κ1) is 13.8. The Bertz CT molecular complexity index is 649. The second kappa shape index (κ2) is 5.59. The summed E-state index contributed by atoms with van der Waals surface area (Å²) in [7, 11) is 0. The minimum atomic E-state index is -0.625. The van der Waals surface area contributed by atoms with Crippen molar-refractivity contribution in [3.05, 3.63) is 57.3 Å². The normalized spacial score (nSPS) is 10.3. The molecule has 2 aromatic carbocycles. The molecule has 0 bridgehead atoms. The van der Waals surface area contributed by atoms with Gasteiger partial charge in [-0.15, -0.1) is 0 Å². The van der Waals surface area contributed by atoms with E-state index in [1.165, 1.54) is 0 Å². The highest BCUT2D eigenvalue weighted by molar-refractivity contribution is 9.10. The average Bonchev–Trinajstić information content (AvgIpc) is 2.36. The predicted molar refractivity (Wildman–Crippen MR) is 75.2 cm³/mol. The first-order valence-corrected chi connectivity index (χ1v) is 6.39. The molecule has 3 nitrogen and oxygen atoms in total.